The minimum absolute atomic E-state index is 0.0423. The summed E-state index contributed by atoms with van der Waals surface area (Å²) in [6.07, 6.45) is 0. The molecule has 0 unspecified atom stereocenters. The molecule has 0 radical (unpaired) electrons. The third kappa shape index (κ3) is 4.89. The zero-order valence-corrected chi connectivity index (χ0v) is 24.8. The van der Waals surface area contributed by atoms with E-state index in [1.807, 2.05) is 6.92 Å². The van der Waals surface area contributed by atoms with Gasteiger partial charge in [-0.15, -0.1) is 0 Å². The molecule has 43 heavy (non-hydrogen) atoms. The van der Waals surface area contributed by atoms with E-state index >= 15 is 0 Å². The molecule has 0 spiro atoms. The van der Waals surface area contributed by atoms with Crippen molar-refractivity contribution >= 4 is 54.8 Å². The van der Waals surface area contributed by atoms with Crippen LogP contribution >= 0.6 is 22.9 Å². The zero-order valence-electron chi connectivity index (χ0n) is 22.4. The molecule has 0 bridgehead atoms. The number of hydrogen-bond acceptors (Lipinski definition) is 4. The number of aryl methyl sites for hydroxylation is 1. The van der Waals surface area contributed by atoms with Gasteiger partial charge in [-0.1, -0.05) is 59.6 Å². The number of hydrogen-bond donors (Lipinski definition) is 1. The summed E-state index contributed by atoms with van der Waals surface area (Å²) in [6.45, 7) is 9.61. The number of aromatic nitrogens is 1. The van der Waals surface area contributed by atoms with E-state index in [9.17, 15) is 22.7 Å². The van der Waals surface area contributed by atoms with E-state index in [2.05, 4.69) is 4.85 Å². The first-order valence-electron chi connectivity index (χ1n) is 12.9. The van der Waals surface area contributed by atoms with Gasteiger partial charge in [-0.2, -0.15) is 11.3 Å². The summed E-state index contributed by atoms with van der Waals surface area (Å²) >= 11 is 7.47. The molecule has 6 aromatic rings. The number of carbonyl (C=O) groups is 1. The normalized spacial score (nSPS) is 11.5. The SMILES string of the molecule is [C-]#[N+]c1sccc1-c1c(-c2cccc(-c3ccc(C(=O)O)c(Cl)c3)c2)n(S(=O)(=O)c2ccc(C)cc2)c2ccc(F)cc12. The van der Waals surface area contributed by atoms with Crippen molar-refractivity contribution in [3.05, 3.63) is 130 Å². The Hall–Kier alpha value is -4.75. The Morgan fingerprint density at radius 1 is 0.953 bits per heavy atom. The van der Waals surface area contributed by atoms with Crippen LogP contribution in [0.3, 0.4) is 0 Å². The number of carboxylic acids is 1. The molecule has 10 heteroatoms. The lowest BCUT2D eigenvalue weighted by molar-refractivity contribution is 0.0697. The second-order valence-corrected chi connectivity index (χ2v) is 12.9. The second-order valence-electron chi connectivity index (χ2n) is 9.80. The smallest absolute Gasteiger partial charge is 0.337 e. The maximum absolute atomic E-state index is 14.8. The standard InChI is InChI=1S/C33H20ClFN2O4S2/c1-19-6-10-24(11-7-19)43(40,41)37-29-13-9-23(35)18-27(29)30(26-14-15-42-32(26)36-2)31(37)22-5-3-4-20(16-22)21-8-12-25(33(38)39)28(34)17-21/h3-18H,1H3,(H,38,39). The zero-order chi connectivity index (χ0) is 30.5. The highest BCUT2D eigenvalue weighted by Crippen LogP contribution is 2.48. The number of aromatic carboxylic acids is 1. The van der Waals surface area contributed by atoms with Crippen LogP contribution < -0.4 is 0 Å². The molecule has 0 saturated carbocycles. The lowest BCUT2D eigenvalue weighted by Gasteiger charge is -2.15. The average Bonchev–Trinajstić information content (AvgIpc) is 3.59. The van der Waals surface area contributed by atoms with Crippen LogP contribution in [0, 0.1) is 19.3 Å². The van der Waals surface area contributed by atoms with Gasteiger partial charge < -0.3 is 5.11 Å². The fourth-order valence-electron chi connectivity index (χ4n) is 5.13. The van der Waals surface area contributed by atoms with Crippen molar-refractivity contribution in [2.45, 2.75) is 11.8 Å². The van der Waals surface area contributed by atoms with E-state index in [1.54, 1.807) is 53.9 Å². The Balaban J connectivity index is 1.71. The van der Waals surface area contributed by atoms with Crippen LogP contribution in [0.2, 0.25) is 5.02 Å². The van der Waals surface area contributed by atoms with E-state index in [0.29, 0.717) is 38.2 Å². The molecule has 0 saturated heterocycles. The van der Waals surface area contributed by atoms with Crippen LogP contribution in [0.4, 0.5) is 9.39 Å². The number of carboxylic acid groups (broad SMARTS) is 1. The van der Waals surface area contributed by atoms with E-state index < -0.39 is 21.8 Å². The molecule has 6 nitrogen and oxygen atoms in total. The summed E-state index contributed by atoms with van der Waals surface area (Å²) in [6, 6.07) is 23.8. The van der Waals surface area contributed by atoms with Crippen molar-refractivity contribution in [3.63, 3.8) is 0 Å². The third-order valence-corrected chi connectivity index (χ3v) is 9.98. The quantitative estimate of drug-likeness (QED) is 0.187. The summed E-state index contributed by atoms with van der Waals surface area (Å²) in [5, 5.41) is 11.9. The first-order chi connectivity index (χ1) is 20.6. The van der Waals surface area contributed by atoms with Gasteiger partial charge in [0.2, 0.25) is 5.00 Å². The fourth-order valence-corrected chi connectivity index (χ4v) is 7.62. The molecule has 0 aliphatic rings. The first kappa shape index (κ1) is 28.4. The Bertz CT molecular complexity index is 2230. The minimum atomic E-state index is -4.23. The van der Waals surface area contributed by atoms with Crippen molar-refractivity contribution < 1.29 is 22.7 Å². The maximum atomic E-state index is 14.8. The van der Waals surface area contributed by atoms with Crippen molar-refractivity contribution in [2.75, 3.05) is 0 Å². The highest BCUT2D eigenvalue weighted by molar-refractivity contribution is 7.90. The minimum Gasteiger partial charge on any atom is -0.478 e. The summed E-state index contributed by atoms with van der Waals surface area (Å²) in [5.41, 5.74) is 4.02. The molecule has 2 aromatic heterocycles. The molecule has 0 amide bonds. The van der Waals surface area contributed by atoms with Gasteiger partial charge in [-0.3, -0.25) is 0 Å². The highest BCUT2D eigenvalue weighted by Gasteiger charge is 2.30. The van der Waals surface area contributed by atoms with Gasteiger partial charge in [0.05, 0.1) is 33.3 Å². The molecule has 212 valence electrons. The monoisotopic (exact) mass is 626 g/mol. The van der Waals surface area contributed by atoms with Gasteiger partial charge in [0.1, 0.15) is 5.82 Å². The topological polar surface area (TPSA) is 80.7 Å². The van der Waals surface area contributed by atoms with E-state index in [-0.39, 0.29) is 26.7 Å². The number of rotatable bonds is 6. The van der Waals surface area contributed by atoms with Crippen molar-refractivity contribution in [1.29, 1.82) is 0 Å². The number of benzene rings is 4. The van der Waals surface area contributed by atoms with Crippen LogP contribution in [0.1, 0.15) is 15.9 Å². The van der Waals surface area contributed by atoms with Gasteiger partial charge >= 0.3 is 5.97 Å². The van der Waals surface area contributed by atoms with E-state index in [0.717, 1.165) is 5.56 Å². The second kappa shape index (κ2) is 10.8. The van der Waals surface area contributed by atoms with Gasteiger partial charge in [0.15, 0.2) is 0 Å². The fraction of sp³-hybridized carbons (Fsp3) is 0.0303. The lowest BCUT2D eigenvalue weighted by atomic mass is 9.96. The number of thiophene rings is 1. The van der Waals surface area contributed by atoms with Crippen molar-refractivity contribution in [1.82, 2.24) is 3.97 Å². The molecule has 2 heterocycles. The average molecular weight is 627 g/mol. The Morgan fingerprint density at radius 2 is 1.67 bits per heavy atom. The maximum Gasteiger partial charge on any atom is 0.337 e. The largest absolute Gasteiger partial charge is 0.478 e. The Labute approximate surface area is 255 Å². The summed E-state index contributed by atoms with van der Waals surface area (Å²) in [4.78, 5) is 15.2. The molecule has 0 atom stereocenters. The number of halogens is 2. The van der Waals surface area contributed by atoms with E-state index in [1.165, 1.54) is 57.8 Å². The third-order valence-electron chi connectivity index (χ3n) is 7.13. The van der Waals surface area contributed by atoms with Crippen molar-refractivity contribution in [2.24, 2.45) is 0 Å². The summed E-state index contributed by atoms with van der Waals surface area (Å²) < 4.78 is 44.8. The Morgan fingerprint density at radius 3 is 2.37 bits per heavy atom. The highest BCUT2D eigenvalue weighted by atomic mass is 35.5. The number of fused-ring (bicyclic) bond motifs is 1. The van der Waals surface area contributed by atoms with Gasteiger partial charge in [-0.05, 0) is 72.0 Å². The Kier molecular flexibility index (Phi) is 7.14. The first-order valence-corrected chi connectivity index (χ1v) is 15.5. The van der Waals surface area contributed by atoms with Gasteiger partial charge in [0, 0.05) is 22.1 Å². The van der Waals surface area contributed by atoms with Gasteiger partial charge in [0.25, 0.3) is 10.0 Å². The molecule has 0 aliphatic heterocycles. The summed E-state index contributed by atoms with van der Waals surface area (Å²) in [5.74, 6) is -1.70. The molecule has 0 aliphatic carbocycles. The van der Waals surface area contributed by atoms with Crippen LogP contribution in [0.5, 0.6) is 0 Å². The summed E-state index contributed by atoms with van der Waals surface area (Å²) in [7, 11) is -4.23. The van der Waals surface area contributed by atoms with Crippen LogP contribution in [-0.4, -0.2) is 23.5 Å². The van der Waals surface area contributed by atoms with Gasteiger partial charge in [-0.25, -0.2) is 26.4 Å². The molecule has 4 aromatic carbocycles. The molecule has 6 rings (SSSR count). The molecular weight excluding hydrogens is 607 g/mol. The number of nitrogens with zero attached hydrogens (tertiary/aromatic N) is 2. The molecule has 0 fully saturated rings. The van der Waals surface area contributed by atoms with Crippen molar-refractivity contribution in [3.8, 4) is 33.5 Å². The lowest BCUT2D eigenvalue weighted by Crippen LogP contribution is -2.14. The predicted octanol–water partition coefficient (Wildman–Crippen LogP) is 9.29. The van der Waals surface area contributed by atoms with E-state index in [4.69, 9.17) is 18.2 Å². The van der Waals surface area contributed by atoms with Crippen LogP contribution in [-0.2, 0) is 10.0 Å². The van der Waals surface area contributed by atoms with Crippen LogP contribution in [0.15, 0.2) is 101 Å². The molecule has 1 N–H and O–H groups in total. The predicted molar refractivity (Wildman–Crippen MR) is 168 cm³/mol. The van der Waals surface area contributed by atoms with Crippen LogP contribution in [0.25, 0.3) is 49.3 Å². The molecular formula is C33H20ClFN2O4S2.